The van der Waals surface area contributed by atoms with Gasteiger partial charge in [0.05, 0.1) is 10.5 Å². The van der Waals surface area contributed by atoms with Crippen molar-refractivity contribution >= 4 is 47.0 Å². The molecular formula is C16H14ClN3O5S. The molecule has 1 fully saturated rings. The number of carbonyl (C=O) groups is 2. The van der Waals surface area contributed by atoms with E-state index in [0.29, 0.717) is 22.5 Å². The second-order valence-electron chi connectivity index (χ2n) is 5.73. The molecule has 136 valence electrons. The number of nitrogens with two attached hydrogens (primary N) is 1. The Labute approximate surface area is 157 Å². The van der Waals surface area contributed by atoms with Crippen molar-refractivity contribution in [2.75, 3.05) is 5.75 Å². The van der Waals surface area contributed by atoms with Crippen molar-refractivity contribution in [3.63, 3.8) is 0 Å². The standard InChI is InChI=1S/C16H14ClN3O5S/c17-6-8-1-2-9(11(5-8)20(24)25)3-4-10-7-26-15-12(18)14(21)19(15)13(10)16(22)23/h1-5,12,15H,6-7,18H2,(H,22,23)/b4-3+/t12?,15-/m1/s1. The smallest absolute Gasteiger partial charge is 0.352 e. The third-order valence-electron chi connectivity index (χ3n) is 4.15. The molecule has 1 aromatic carbocycles. The number of β-lactam (4-membered cyclic amide) rings is 1. The summed E-state index contributed by atoms with van der Waals surface area (Å²) in [5.74, 6) is -1.19. The van der Waals surface area contributed by atoms with Crippen molar-refractivity contribution in [3.8, 4) is 0 Å². The number of fused-ring (bicyclic) bond motifs is 1. The lowest BCUT2D eigenvalue weighted by Crippen LogP contribution is -2.68. The van der Waals surface area contributed by atoms with E-state index in [1.807, 2.05) is 0 Å². The van der Waals surface area contributed by atoms with Crippen LogP contribution in [0.4, 0.5) is 5.69 Å². The third kappa shape index (κ3) is 3.09. The van der Waals surface area contributed by atoms with Gasteiger partial charge in [-0.1, -0.05) is 12.1 Å². The second-order valence-corrected chi connectivity index (χ2v) is 7.10. The van der Waals surface area contributed by atoms with Crippen LogP contribution in [0, 0.1) is 10.1 Å². The van der Waals surface area contributed by atoms with E-state index < -0.39 is 22.8 Å². The number of hydrogen-bond acceptors (Lipinski definition) is 6. The molecule has 0 spiro atoms. The fourth-order valence-electron chi connectivity index (χ4n) is 2.83. The minimum Gasteiger partial charge on any atom is -0.477 e. The molecule has 3 rings (SSSR count). The largest absolute Gasteiger partial charge is 0.477 e. The van der Waals surface area contributed by atoms with Crippen LogP contribution in [0.2, 0.25) is 0 Å². The SMILES string of the molecule is NC1C(=O)N2C(C(=O)O)=C(/C=C/c3ccc(CCl)cc3[N+](=O)[O-])CS[C@H]12. The number of benzene rings is 1. The number of alkyl halides is 1. The lowest BCUT2D eigenvalue weighted by molar-refractivity contribution is -0.385. The van der Waals surface area contributed by atoms with E-state index in [9.17, 15) is 24.8 Å². The molecule has 2 aliphatic rings. The number of halogens is 1. The van der Waals surface area contributed by atoms with Crippen LogP contribution in [0.3, 0.4) is 0 Å². The Bertz CT molecular complexity index is 869. The van der Waals surface area contributed by atoms with Gasteiger partial charge in [-0.15, -0.1) is 23.4 Å². The quantitative estimate of drug-likeness (QED) is 0.337. The van der Waals surface area contributed by atoms with Gasteiger partial charge in [-0.2, -0.15) is 0 Å². The summed E-state index contributed by atoms with van der Waals surface area (Å²) in [6, 6.07) is 3.89. The van der Waals surface area contributed by atoms with Crippen LogP contribution in [-0.4, -0.2) is 44.0 Å². The van der Waals surface area contributed by atoms with Gasteiger partial charge in [0.25, 0.3) is 5.69 Å². The lowest BCUT2D eigenvalue weighted by Gasteiger charge is -2.47. The van der Waals surface area contributed by atoms with Crippen LogP contribution in [0.15, 0.2) is 35.5 Å². The summed E-state index contributed by atoms with van der Waals surface area (Å²) in [6.45, 7) is 0. The average molecular weight is 396 g/mol. The molecule has 1 aromatic rings. The molecule has 1 amide bonds. The number of nitro groups is 1. The minimum atomic E-state index is -1.23. The number of carboxylic acids is 1. The average Bonchev–Trinajstić information content (AvgIpc) is 2.64. The van der Waals surface area contributed by atoms with E-state index in [-0.39, 0.29) is 22.6 Å². The lowest BCUT2D eigenvalue weighted by atomic mass is 10.0. The Kier molecular flexibility index (Phi) is 5.03. The third-order valence-corrected chi connectivity index (χ3v) is 5.78. The Morgan fingerprint density at radius 1 is 1.50 bits per heavy atom. The van der Waals surface area contributed by atoms with E-state index in [1.165, 1.54) is 34.9 Å². The number of allylic oxidation sites excluding steroid dienone is 1. The minimum absolute atomic E-state index is 0.125. The molecule has 8 nitrogen and oxygen atoms in total. The normalized spacial score (nSPS) is 22.4. The topological polar surface area (TPSA) is 127 Å². The molecule has 0 saturated carbocycles. The van der Waals surface area contributed by atoms with Crippen LogP contribution >= 0.6 is 23.4 Å². The molecule has 3 N–H and O–H groups in total. The van der Waals surface area contributed by atoms with E-state index in [2.05, 4.69) is 0 Å². The summed E-state index contributed by atoms with van der Waals surface area (Å²) < 4.78 is 0. The van der Waals surface area contributed by atoms with Crippen molar-refractivity contribution < 1.29 is 19.6 Å². The number of hydrogen-bond donors (Lipinski definition) is 2. The predicted molar refractivity (Wildman–Crippen MR) is 97.4 cm³/mol. The Balaban J connectivity index is 1.98. The van der Waals surface area contributed by atoms with Gasteiger partial charge >= 0.3 is 5.97 Å². The second kappa shape index (κ2) is 7.10. The number of carbonyl (C=O) groups excluding carboxylic acids is 1. The molecule has 2 heterocycles. The van der Waals surface area contributed by atoms with Gasteiger partial charge in [-0.25, -0.2) is 4.79 Å². The van der Waals surface area contributed by atoms with Gasteiger partial charge in [0.2, 0.25) is 5.91 Å². The molecule has 0 aliphatic carbocycles. The number of thioether (sulfide) groups is 1. The first-order valence-electron chi connectivity index (χ1n) is 7.53. The first kappa shape index (κ1) is 18.4. The van der Waals surface area contributed by atoms with Crippen molar-refractivity contribution in [1.82, 2.24) is 4.90 Å². The van der Waals surface area contributed by atoms with Crippen molar-refractivity contribution in [1.29, 1.82) is 0 Å². The first-order chi connectivity index (χ1) is 12.3. The van der Waals surface area contributed by atoms with Gasteiger partial charge in [0.15, 0.2) is 0 Å². The zero-order chi connectivity index (χ0) is 19.0. The molecule has 10 heteroatoms. The van der Waals surface area contributed by atoms with Crippen LogP contribution in [0.25, 0.3) is 6.08 Å². The maximum Gasteiger partial charge on any atom is 0.352 e. The van der Waals surface area contributed by atoms with E-state index in [1.54, 1.807) is 12.1 Å². The van der Waals surface area contributed by atoms with Gasteiger partial charge < -0.3 is 10.8 Å². The van der Waals surface area contributed by atoms with Crippen LogP contribution < -0.4 is 5.73 Å². The predicted octanol–water partition coefficient (Wildman–Crippen LogP) is 1.93. The molecule has 0 aromatic heterocycles. The summed E-state index contributed by atoms with van der Waals surface area (Å²) in [7, 11) is 0. The number of nitro benzene ring substituents is 1. The van der Waals surface area contributed by atoms with Crippen molar-refractivity contribution in [2.45, 2.75) is 17.3 Å². The zero-order valence-corrected chi connectivity index (χ0v) is 14.9. The van der Waals surface area contributed by atoms with Crippen molar-refractivity contribution in [3.05, 3.63) is 56.8 Å². The monoisotopic (exact) mass is 395 g/mol. The number of carboxylic acid groups (broad SMARTS) is 1. The number of aliphatic carboxylic acids is 1. The Morgan fingerprint density at radius 3 is 2.85 bits per heavy atom. The molecule has 0 radical (unpaired) electrons. The molecule has 1 unspecified atom stereocenters. The fourth-order valence-corrected chi connectivity index (χ4v) is 4.26. The Hall–Kier alpha value is -2.36. The molecule has 0 bridgehead atoms. The van der Waals surface area contributed by atoms with E-state index in [0.717, 1.165) is 0 Å². The number of nitrogens with zero attached hydrogens (tertiary/aromatic N) is 2. The Morgan fingerprint density at radius 2 is 2.23 bits per heavy atom. The highest BCUT2D eigenvalue weighted by Gasteiger charge is 2.51. The number of rotatable bonds is 5. The van der Waals surface area contributed by atoms with Crippen LogP contribution in [-0.2, 0) is 15.5 Å². The summed E-state index contributed by atoms with van der Waals surface area (Å²) in [5.41, 5.74) is 6.77. The molecular weight excluding hydrogens is 382 g/mol. The highest BCUT2D eigenvalue weighted by Crippen LogP contribution is 2.40. The van der Waals surface area contributed by atoms with Crippen LogP contribution in [0.5, 0.6) is 0 Å². The molecule has 1 saturated heterocycles. The van der Waals surface area contributed by atoms with Crippen LogP contribution in [0.1, 0.15) is 11.1 Å². The highest BCUT2D eigenvalue weighted by atomic mass is 35.5. The van der Waals surface area contributed by atoms with E-state index in [4.69, 9.17) is 17.3 Å². The fraction of sp³-hybridized carbons (Fsp3) is 0.250. The van der Waals surface area contributed by atoms with Crippen molar-refractivity contribution in [2.24, 2.45) is 5.73 Å². The first-order valence-corrected chi connectivity index (χ1v) is 9.11. The molecule has 2 atom stereocenters. The summed E-state index contributed by atoms with van der Waals surface area (Å²) in [4.78, 5) is 35.4. The highest BCUT2D eigenvalue weighted by molar-refractivity contribution is 8.00. The van der Waals surface area contributed by atoms with Gasteiger partial charge in [0, 0.05) is 17.7 Å². The zero-order valence-electron chi connectivity index (χ0n) is 13.3. The summed E-state index contributed by atoms with van der Waals surface area (Å²) in [5, 5.41) is 20.3. The summed E-state index contributed by atoms with van der Waals surface area (Å²) in [6.07, 6.45) is 2.96. The van der Waals surface area contributed by atoms with Gasteiger partial charge in [-0.05, 0) is 23.3 Å². The summed E-state index contributed by atoms with van der Waals surface area (Å²) >= 11 is 7.07. The van der Waals surface area contributed by atoms with Gasteiger partial charge in [-0.3, -0.25) is 19.8 Å². The van der Waals surface area contributed by atoms with Gasteiger partial charge in [0.1, 0.15) is 17.1 Å². The maximum atomic E-state index is 11.9. The molecule has 2 aliphatic heterocycles. The molecule has 26 heavy (non-hydrogen) atoms. The number of amides is 1. The maximum absolute atomic E-state index is 11.9. The van der Waals surface area contributed by atoms with E-state index >= 15 is 0 Å².